The van der Waals surface area contributed by atoms with E-state index in [2.05, 4.69) is 0 Å². The van der Waals surface area contributed by atoms with Gasteiger partial charge in [-0.1, -0.05) is 0 Å². The van der Waals surface area contributed by atoms with Gasteiger partial charge in [0.05, 0.1) is 75.3 Å². The van der Waals surface area contributed by atoms with Crippen molar-refractivity contribution in [3.8, 4) is 0 Å². The Labute approximate surface area is 141 Å². The Balaban J connectivity index is 0. The van der Waals surface area contributed by atoms with Crippen LogP contribution in [0.15, 0.2) is 0 Å². The molecule has 0 atom stereocenters. The van der Waals surface area contributed by atoms with Crippen LogP contribution < -0.4 is 29.6 Å². The van der Waals surface area contributed by atoms with E-state index in [9.17, 15) is 13.0 Å². The van der Waals surface area contributed by atoms with Crippen molar-refractivity contribution in [3.63, 3.8) is 0 Å². The smallest absolute Gasteiger partial charge is 0.748 e. The summed E-state index contributed by atoms with van der Waals surface area (Å²) in [6, 6.07) is 0. The summed E-state index contributed by atoms with van der Waals surface area (Å²) in [6.07, 6.45) is 0. The average Bonchev–Trinajstić information content (AvgIpc) is 2.34. The Hall–Kier alpha value is 0.710. The molecule has 1 N–H and O–H groups in total. The summed E-state index contributed by atoms with van der Waals surface area (Å²) in [4.78, 5) is 0. The molecule has 0 aliphatic rings. The minimum Gasteiger partial charge on any atom is -0.748 e. The number of ether oxygens (including phenoxy) is 4. The van der Waals surface area contributed by atoms with Crippen LogP contribution in [0.4, 0.5) is 0 Å². The van der Waals surface area contributed by atoms with Gasteiger partial charge in [-0.05, 0) is 0 Å². The molecule has 10 heteroatoms. The molecule has 0 spiro atoms. The molecule has 0 aromatic heterocycles. The number of hydrogen-bond donors (Lipinski definition) is 1. The second kappa shape index (κ2) is 16.1. The van der Waals surface area contributed by atoms with E-state index in [1.807, 2.05) is 0 Å². The minimum absolute atomic E-state index is 0. The second-order valence-electron chi connectivity index (χ2n) is 3.43. The normalized spacial score (nSPS) is 11.3. The van der Waals surface area contributed by atoms with Gasteiger partial charge in [0.1, 0.15) is 0 Å². The van der Waals surface area contributed by atoms with Crippen LogP contribution in [0.2, 0.25) is 0 Å². The summed E-state index contributed by atoms with van der Waals surface area (Å²) in [5.41, 5.74) is 0. The van der Waals surface area contributed by atoms with Gasteiger partial charge in [-0.2, -0.15) is 0 Å². The summed E-state index contributed by atoms with van der Waals surface area (Å²) in [7, 11) is -4.20. The third kappa shape index (κ3) is 21.0. The predicted octanol–water partition coefficient (Wildman–Crippen LogP) is -4.41. The molecule has 20 heavy (non-hydrogen) atoms. The molecule has 0 heterocycles. The minimum atomic E-state index is -4.20. The van der Waals surface area contributed by atoms with E-state index in [0.717, 1.165) is 0 Å². The van der Waals surface area contributed by atoms with Crippen LogP contribution in [-0.2, 0) is 29.1 Å². The van der Waals surface area contributed by atoms with Crippen LogP contribution in [0.5, 0.6) is 0 Å². The summed E-state index contributed by atoms with van der Waals surface area (Å²) in [5.74, 6) is -0.524. The van der Waals surface area contributed by atoms with E-state index >= 15 is 0 Å². The van der Waals surface area contributed by atoms with Crippen molar-refractivity contribution in [1.82, 2.24) is 0 Å². The van der Waals surface area contributed by atoms with Crippen LogP contribution in [-0.4, -0.2) is 83.3 Å². The van der Waals surface area contributed by atoms with E-state index in [4.69, 9.17) is 24.1 Å². The van der Waals surface area contributed by atoms with Crippen molar-refractivity contribution in [3.05, 3.63) is 0 Å². The van der Waals surface area contributed by atoms with Crippen LogP contribution in [0, 0.1) is 0 Å². The van der Waals surface area contributed by atoms with Crippen LogP contribution >= 0.6 is 0 Å². The van der Waals surface area contributed by atoms with Gasteiger partial charge in [0.15, 0.2) is 0 Å². The first-order chi connectivity index (χ1) is 9.06. The maximum atomic E-state index is 10.2. The fourth-order valence-corrected chi connectivity index (χ4v) is 1.31. The molecule has 0 unspecified atom stereocenters. The van der Waals surface area contributed by atoms with E-state index in [-0.39, 0.29) is 49.4 Å². The van der Waals surface area contributed by atoms with Gasteiger partial charge in [0, 0.05) is 0 Å². The average molecular weight is 324 g/mol. The van der Waals surface area contributed by atoms with E-state index < -0.39 is 15.9 Å². The first-order valence-electron chi connectivity index (χ1n) is 5.91. The van der Waals surface area contributed by atoms with Gasteiger partial charge >= 0.3 is 29.6 Å². The zero-order chi connectivity index (χ0) is 14.4. The van der Waals surface area contributed by atoms with Gasteiger partial charge in [0.25, 0.3) is 0 Å². The van der Waals surface area contributed by atoms with Gasteiger partial charge in [-0.25, -0.2) is 8.42 Å². The fraction of sp³-hybridized carbons (Fsp3) is 1.00. The van der Waals surface area contributed by atoms with Crippen molar-refractivity contribution in [2.75, 3.05) is 65.2 Å². The number of rotatable bonds is 14. The number of aliphatic hydroxyl groups is 1. The maximum Gasteiger partial charge on any atom is 1.00 e. The summed E-state index contributed by atoms with van der Waals surface area (Å²) >= 11 is 0. The van der Waals surface area contributed by atoms with E-state index in [1.165, 1.54) is 0 Å². The molecule has 0 aromatic carbocycles. The summed E-state index contributed by atoms with van der Waals surface area (Å²) < 4.78 is 50.8. The van der Waals surface area contributed by atoms with Gasteiger partial charge in [-0.3, -0.25) is 0 Å². The monoisotopic (exact) mass is 324 g/mol. The quantitative estimate of drug-likeness (QED) is 0.193. The molecule has 0 radical (unpaired) electrons. The Morgan fingerprint density at radius 1 is 0.750 bits per heavy atom. The molecule has 0 saturated heterocycles. The van der Waals surface area contributed by atoms with Gasteiger partial charge in [0.2, 0.25) is 0 Å². The molecule has 0 rings (SSSR count). The molecule has 0 aliphatic heterocycles. The fourth-order valence-electron chi connectivity index (χ4n) is 0.987. The van der Waals surface area contributed by atoms with Crippen molar-refractivity contribution >= 4 is 10.1 Å². The molecular weight excluding hydrogens is 303 g/mol. The molecule has 0 amide bonds. The molecule has 0 aromatic rings. The van der Waals surface area contributed by atoms with E-state index in [1.54, 1.807) is 0 Å². The topological polar surface area (TPSA) is 114 Å². The van der Waals surface area contributed by atoms with Crippen molar-refractivity contribution < 1.29 is 66.6 Å². The predicted molar refractivity (Wildman–Crippen MR) is 64.9 cm³/mol. The van der Waals surface area contributed by atoms with Gasteiger partial charge < -0.3 is 28.6 Å². The van der Waals surface area contributed by atoms with Crippen LogP contribution in [0.3, 0.4) is 0 Å². The number of hydrogen-bond acceptors (Lipinski definition) is 8. The second-order valence-corrected chi connectivity index (χ2v) is 4.96. The Kier molecular flexibility index (Phi) is 18.5. The maximum absolute atomic E-state index is 10.2. The molecular formula is C10H21NaO8S. The number of aliphatic hydroxyl groups excluding tert-OH is 1. The zero-order valence-corrected chi connectivity index (χ0v) is 14.6. The zero-order valence-electron chi connectivity index (χ0n) is 11.8. The summed E-state index contributed by atoms with van der Waals surface area (Å²) in [5, 5.41) is 8.42. The van der Waals surface area contributed by atoms with Crippen molar-refractivity contribution in [2.24, 2.45) is 0 Å². The molecule has 0 bridgehead atoms. The molecule has 0 aliphatic carbocycles. The van der Waals surface area contributed by atoms with Crippen molar-refractivity contribution in [1.29, 1.82) is 0 Å². The standard InChI is InChI=1S/C10H22O8S.Na/c11-1-2-15-3-4-16-5-6-17-7-8-18-9-10-19(12,13)14;/h11H,1-10H2,(H,12,13,14);/q;+1/p-1. The molecule has 8 nitrogen and oxygen atoms in total. The van der Waals surface area contributed by atoms with Gasteiger partial charge in [-0.15, -0.1) is 0 Å². The van der Waals surface area contributed by atoms with Crippen molar-refractivity contribution in [2.45, 2.75) is 0 Å². The summed E-state index contributed by atoms with van der Waals surface area (Å²) in [6.45, 7) is 2.38. The Bertz CT molecular complexity index is 285. The third-order valence-corrected chi connectivity index (χ3v) is 2.50. The van der Waals surface area contributed by atoms with E-state index in [0.29, 0.717) is 39.6 Å². The van der Waals surface area contributed by atoms with Crippen LogP contribution in [0.1, 0.15) is 0 Å². The SMILES string of the molecule is O=S(=O)([O-])CCOCCOCCOCCOCCO.[Na+]. The first-order valence-corrected chi connectivity index (χ1v) is 7.49. The Morgan fingerprint density at radius 3 is 1.45 bits per heavy atom. The molecule has 0 fully saturated rings. The Morgan fingerprint density at radius 2 is 1.10 bits per heavy atom. The largest absolute Gasteiger partial charge is 1.00 e. The van der Waals surface area contributed by atoms with Crippen LogP contribution in [0.25, 0.3) is 0 Å². The molecule has 116 valence electrons. The third-order valence-electron chi connectivity index (χ3n) is 1.83. The first kappa shape index (κ1) is 23.0. The molecule has 0 saturated carbocycles.